The van der Waals surface area contributed by atoms with E-state index in [9.17, 15) is 13.2 Å². The Kier molecular flexibility index (Phi) is 4.90. The van der Waals surface area contributed by atoms with Crippen molar-refractivity contribution in [3.05, 3.63) is 0 Å². The number of carbonyl (C=O) groups is 1. The lowest BCUT2D eigenvalue weighted by Crippen LogP contribution is -2.41. The van der Waals surface area contributed by atoms with Crippen LogP contribution < -0.4 is 0 Å². The van der Waals surface area contributed by atoms with Gasteiger partial charge in [0.15, 0.2) is 0 Å². The molecule has 1 aliphatic heterocycles. The van der Waals surface area contributed by atoms with Gasteiger partial charge in [-0.05, 0) is 19.3 Å². The van der Waals surface area contributed by atoms with Gasteiger partial charge in [-0.15, -0.1) is 0 Å². The Balaban J connectivity index is 2.47. The monoisotopic (exact) mass is 260 g/mol. The summed E-state index contributed by atoms with van der Waals surface area (Å²) in [7, 11) is -3.32. The number of unbranched alkanes of at least 4 members (excludes halogenated alkanes) is 1. The first-order chi connectivity index (χ1) is 7.97. The smallest absolute Gasteiger partial charge is 0.306 e. The molecule has 0 amide bonds. The maximum absolute atomic E-state index is 11.8. The van der Waals surface area contributed by atoms with Crippen LogP contribution in [-0.2, 0) is 14.8 Å². The molecule has 0 radical (unpaired) electrons. The lowest BCUT2D eigenvalue weighted by atomic mass is 9.99. The number of hydrogen-bond acceptors (Lipinski definition) is 4. The SMILES string of the molecule is N#CCCCS(=O)(=O)N1CCC(C(=O)O)CC1. The van der Waals surface area contributed by atoms with Crippen LogP contribution >= 0.6 is 0 Å². The van der Waals surface area contributed by atoms with Crippen molar-refractivity contribution in [1.29, 1.82) is 5.26 Å². The molecule has 1 N–H and O–H groups in total. The summed E-state index contributed by atoms with van der Waals surface area (Å²) in [4.78, 5) is 10.7. The summed E-state index contributed by atoms with van der Waals surface area (Å²) in [6.07, 6.45) is 1.29. The first-order valence-electron chi connectivity index (χ1n) is 5.55. The van der Waals surface area contributed by atoms with Crippen LogP contribution in [0.2, 0.25) is 0 Å². The van der Waals surface area contributed by atoms with Gasteiger partial charge in [0.1, 0.15) is 0 Å². The van der Waals surface area contributed by atoms with Crippen LogP contribution in [0.15, 0.2) is 0 Å². The van der Waals surface area contributed by atoms with Gasteiger partial charge in [-0.3, -0.25) is 4.79 Å². The van der Waals surface area contributed by atoms with E-state index in [1.807, 2.05) is 6.07 Å². The van der Waals surface area contributed by atoms with Crippen LogP contribution in [-0.4, -0.2) is 42.6 Å². The van der Waals surface area contributed by atoms with Gasteiger partial charge in [-0.2, -0.15) is 5.26 Å². The number of rotatable bonds is 5. The highest BCUT2D eigenvalue weighted by atomic mass is 32.2. The lowest BCUT2D eigenvalue weighted by molar-refractivity contribution is -0.142. The van der Waals surface area contributed by atoms with E-state index in [1.165, 1.54) is 4.31 Å². The predicted molar refractivity (Wildman–Crippen MR) is 60.6 cm³/mol. The fourth-order valence-corrected chi connectivity index (χ4v) is 3.38. The molecule has 96 valence electrons. The summed E-state index contributed by atoms with van der Waals surface area (Å²) in [6, 6.07) is 1.90. The van der Waals surface area contributed by atoms with Gasteiger partial charge >= 0.3 is 5.97 Å². The normalized spacial score (nSPS) is 18.8. The fourth-order valence-electron chi connectivity index (χ4n) is 1.84. The molecule has 0 aliphatic carbocycles. The molecule has 0 bridgehead atoms. The summed E-state index contributed by atoms with van der Waals surface area (Å²) in [6.45, 7) is 0.539. The minimum Gasteiger partial charge on any atom is -0.481 e. The highest BCUT2D eigenvalue weighted by Crippen LogP contribution is 2.20. The third-order valence-corrected chi connectivity index (χ3v) is 4.84. The number of nitriles is 1. The summed E-state index contributed by atoms with van der Waals surface area (Å²) in [5.41, 5.74) is 0. The van der Waals surface area contributed by atoms with Gasteiger partial charge in [-0.25, -0.2) is 12.7 Å². The second kappa shape index (κ2) is 5.98. The molecular weight excluding hydrogens is 244 g/mol. The number of nitrogens with zero attached hydrogens (tertiary/aromatic N) is 2. The van der Waals surface area contributed by atoms with Gasteiger partial charge in [0.05, 0.1) is 17.7 Å². The standard InChI is InChI=1S/C10H16N2O4S/c11-5-1-2-8-17(15,16)12-6-3-9(4-7-12)10(13)14/h9H,1-4,6-8H2,(H,13,14). The van der Waals surface area contributed by atoms with E-state index in [2.05, 4.69) is 0 Å². The molecule has 0 unspecified atom stereocenters. The second-order valence-electron chi connectivity index (χ2n) is 4.09. The van der Waals surface area contributed by atoms with Crippen molar-refractivity contribution in [3.63, 3.8) is 0 Å². The largest absolute Gasteiger partial charge is 0.481 e. The van der Waals surface area contributed by atoms with E-state index < -0.39 is 21.9 Å². The topological polar surface area (TPSA) is 98.5 Å². The number of hydrogen-bond donors (Lipinski definition) is 1. The summed E-state index contributed by atoms with van der Waals surface area (Å²) in [5.74, 6) is -1.31. The zero-order valence-electron chi connectivity index (χ0n) is 9.50. The Morgan fingerprint density at radius 2 is 2.00 bits per heavy atom. The Labute approximate surface area is 101 Å². The Bertz CT molecular complexity index is 405. The van der Waals surface area contributed by atoms with Crippen LogP contribution in [0.25, 0.3) is 0 Å². The zero-order valence-corrected chi connectivity index (χ0v) is 10.3. The van der Waals surface area contributed by atoms with E-state index in [4.69, 9.17) is 10.4 Å². The van der Waals surface area contributed by atoms with Crippen molar-refractivity contribution in [1.82, 2.24) is 4.31 Å². The first-order valence-corrected chi connectivity index (χ1v) is 7.16. The average molecular weight is 260 g/mol. The van der Waals surface area contributed by atoms with Crippen LogP contribution in [0.3, 0.4) is 0 Å². The lowest BCUT2D eigenvalue weighted by Gasteiger charge is -2.29. The molecule has 0 atom stereocenters. The second-order valence-corrected chi connectivity index (χ2v) is 6.18. The van der Waals surface area contributed by atoms with E-state index in [0.717, 1.165) is 0 Å². The van der Waals surface area contributed by atoms with Gasteiger partial charge < -0.3 is 5.11 Å². The Morgan fingerprint density at radius 1 is 1.41 bits per heavy atom. The quantitative estimate of drug-likeness (QED) is 0.722. The van der Waals surface area contributed by atoms with Gasteiger partial charge in [0, 0.05) is 19.5 Å². The summed E-state index contributed by atoms with van der Waals surface area (Å²) >= 11 is 0. The fraction of sp³-hybridized carbons (Fsp3) is 0.800. The molecule has 0 spiro atoms. The summed E-state index contributed by atoms with van der Waals surface area (Å²) < 4.78 is 24.9. The minimum atomic E-state index is -3.32. The Hall–Kier alpha value is -1.13. The van der Waals surface area contributed by atoms with Crippen molar-refractivity contribution in [2.75, 3.05) is 18.8 Å². The molecule has 1 rings (SSSR count). The van der Waals surface area contributed by atoms with Crippen molar-refractivity contribution in [2.45, 2.75) is 25.7 Å². The average Bonchev–Trinajstić information content (AvgIpc) is 2.29. The number of carboxylic acid groups (broad SMARTS) is 1. The molecule has 1 heterocycles. The van der Waals surface area contributed by atoms with Crippen LogP contribution in [0.5, 0.6) is 0 Å². The molecule has 0 aromatic heterocycles. The number of carboxylic acids is 1. The molecule has 1 aliphatic rings. The van der Waals surface area contributed by atoms with E-state index in [-0.39, 0.29) is 25.3 Å². The van der Waals surface area contributed by atoms with Crippen molar-refractivity contribution < 1.29 is 18.3 Å². The van der Waals surface area contributed by atoms with Gasteiger partial charge in [-0.1, -0.05) is 0 Å². The van der Waals surface area contributed by atoms with Crippen molar-refractivity contribution in [2.24, 2.45) is 5.92 Å². The molecule has 0 aromatic rings. The number of aliphatic carboxylic acids is 1. The van der Waals surface area contributed by atoms with E-state index in [0.29, 0.717) is 19.3 Å². The maximum Gasteiger partial charge on any atom is 0.306 e. The molecule has 0 saturated carbocycles. The number of sulfonamides is 1. The molecular formula is C10H16N2O4S. The van der Waals surface area contributed by atoms with Crippen LogP contribution in [0, 0.1) is 17.2 Å². The molecule has 1 fully saturated rings. The molecule has 1 saturated heterocycles. The third-order valence-electron chi connectivity index (χ3n) is 2.89. The highest BCUT2D eigenvalue weighted by molar-refractivity contribution is 7.89. The molecule has 6 nitrogen and oxygen atoms in total. The molecule has 7 heteroatoms. The highest BCUT2D eigenvalue weighted by Gasteiger charge is 2.30. The molecule has 17 heavy (non-hydrogen) atoms. The van der Waals surface area contributed by atoms with Crippen LogP contribution in [0.4, 0.5) is 0 Å². The van der Waals surface area contributed by atoms with Crippen molar-refractivity contribution >= 4 is 16.0 Å². The molecule has 0 aromatic carbocycles. The van der Waals surface area contributed by atoms with Crippen LogP contribution in [0.1, 0.15) is 25.7 Å². The van der Waals surface area contributed by atoms with E-state index >= 15 is 0 Å². The van der Waals surface area contributed by atoms with Gasteiger partial charge in [0.25, 0.3) is 0 Å². The van der Waals surface area contributed by atoms with Gasteiger partial charge in [0.2, 0.25) is 10.0 Å². The summed E-state index contributed by atoms with van der Waals surface area (Å²) in [5, 5.41) is 17.1. The van der Waals surface area contributed by atoms with Crippen molar-refractivity contribution in [3.8, 4) is 6.07 Å². The Morgan fingerprint density at radius 3 is 2.47 bits per heavy atom. The number of piperidine rings is 1. The maximum atomic E-state index is 11.8. The van der Waals surface area contributed by atoms with E-state index in [1.54, 1.807) is 0 Å². The first kappa shape index (κ1) is 13.9. The predicted octanol–water partition coefficient (Wildman–Crippen LogP) is 0.417. The zero-order chi connectivity index (χ0) is 12.9. The minimum absolute atomic E-state index is 0.0295. The third kappa shape index (κ3) is 3.98.